The Balaban J connectivity index is 3.55. The minimum Gasteiger partial charge on any atom is -0.352 e. The van der Waals surface area contributed by atoms with Gasteiger partial charge < -0.3 is 5.32 Å². The van der Waals surface area contributed by atoms with Crippen LogP contribution in [0.5, 0.6) is 0 Å². The number of carbonyl (C=O) groups excluding carboxylic acids is 1. The molecule has 0 aromatic carbocycles. The van der Waals surface area contributed by atoms with Gasteiger partial charge in [-0.15, -0.1) is 0 Å². The van der Waals surface area contributed by atoms with Gasteiger partial charge in [-0.2, -0.15) is 0 Å². The minimum atomic E-state index is -0.453. The van der Waals surface area contributed by atoms with Crippen molar-refractivity contribution >= 4 is 5.91 Å². The van der Waals surface area contributed by atoms with E-state index in [2.05, 4.69) is 12.2 Å². The van der Waals surface area contributed by atoms with Crippen LogP contribution >= 0.6 is 0 Å². The molecule has 0 aliphatic rings. The Morgan fingerprint density at radius 2 is 1.19 bits per heavy atom. The molecule has 0 aromatic rings. The van der Waals surface area contributed by atoms with Crippen molar-refractivity contribution in [2.45, 2.75) is 136 Å². The van der Waals surface area contributed by atoms with E-state index < -0.39 is 6.04 Å². The van der Waals surface area contributed by atoms with Crippen LogP contribution in [-0.2, 0) is 4.79 Å². The summed E-state index contributed by atoms with van der Waals surface area (Å²) in [6.45, 7) is 6.09. The Morgan fingerprint density at radius 3 is 1.56 bits per heavy atom. The highest BCUT2D eigenvalue weighted by Gasteiger charge is 2.24. The van der Waals surface area contributed by atoms with Gasteiger partial charge >= 0.3 is 0 Å². The van der Waals surface area contributed by atoms with E-state index >= 15 is 0 Å². The third-order valence-corrected chi connectivity index (χ3v) is 5.47. The highest BCUT2D eigenvalue weighted by Crippen LogP contribution is 2.13. The Labute approximate surface area is 167 Å². The molecule has 0 spiro atoms. The number of amides is 1. The zero-order valence-electron chi connectivity index (χ0n) is 18.2. The summed E-state index contributed by atoms with van der Waals surface area (Å²) in [5.74, 6) is 0.0187. The molecule has 2 atom stereocenters. The van der Waals surface area contributed by atoms with Gasteiger partial charge in [0.2, 0.25) is 5.91 Å². The Hall–Kier alpha value is -0.650. The van der Waals surface area contributed by atoms with Gasteiger partial charge in [-0.25, -0.2) is 0 Å². The molecule has 0 heterocycles. The van der Waals surface area contributed by atoms with Crippen LogP contribution in [0.2, 0.25) is 0 Å². The fraction of sp³-hybridized carbons (Fsp3) is 0.955. The predicted molar refractivity (Wildman–Crippen MR) is 112 cm³/mol. The highest BCUT2D eigenvalue weighted by molar-refractivity contribution is 5.76. The molecule has 5 heteroatoms. The molecule has 2 unspecified atom stereocenters. The molecule has 162 valence electrons. The van der Waals surface area contributed by atoms with Gasteiger partial charge in [0.1, 0.15) is 0 Å². The van der Waals surface area contributed by atoms with Gasteiger partial charge in [0.25, 0.3) is 0 Å². The first-order valence-corrected chi connectivity index (χ1v) is 11.5. The van der Waals surface area contributed by atoms with Gasteiger partial charge in [0.15, 0.2) is 0 Å². The first kappa shape index (κ1) is 26.4. The monoisotopic (exact) mass is 386 g/mol. The summed E-state index contributed by atoms with van der Waals surface area (Å²) in [5, 5.41) is 21.7. The van der Waals surface area contributed by atoms with E-state index in [4.69, 9.17) is 0 Å². The molecule has 1 amide bonds. The second kappa shape index (κ2) is 18.7. The number of unbranched alkanes of at least 4 members (excludes halogenated alkanes) is 12. The zero-order valence-corrected chi connectivity index (χ0v) is 18.2. The van der Waals surface area contributed by atoms with E-state index in [1.165, 1.54) is 70.6 Å². The number of nitrogens with zero attached hydrogens (tertiary/aromatic N) is 1. The molecule has 0 rings (SSSR count). The van der Waals surface area contributed by atoms with Crippen molar-refractivity contribution in [3.05, 3.63) is 0 Å². The van der Waals surface area contributed by atoms with Gasteiger partial charge in [0, 0.05) is 12.5 Å². The van der Waals surface area contributed by atoms with Crippen LogP contribution in [0.1, 0.15) is 124 Å². The average molecular weight is 387 g/mol. The Morgan fingerprint density at radius 1 is 0.741 bits per heavy atom. The number of rotatable bonds is 19. The fourth-order valence-electron chi connectivity index (χ4n) is 3.66. The molecule has 0 bridgehead atoms. The zero-order chi connectivity index (χ0) is 20.3. The van der Waals surface area contributed by atoms with Crippen LogP contribution in [-0.4, -0.2) is 33.6 Å². The summed E-state index contributed by atoms with van der Waals surface area (Å²) >= 11 is 0. The van der Waals surface area contributed by atoms with Gasteiger partial charge in [0.05, 0.1) is 6.04 Å². The van der Waals surface area contributed by atoms with Crippen LogP contribution < -0.4 is 5.32 Å². The molecule has 3 N–H and O–H groups in total. The number of hydrogen-bond donors (Lipinski definition) is 3. The number of carbonyl (C=O) groups is 1. The summed E-state index contributed by atoms with van der Waals surface area (Å²) in [6, 6.07) is -0.676. The van der Waals surface area contributed by atoms with Gasteiger partial charge in [-0.3, -0.25) is 15.2 Å². The minimum absolute atomic E-state index is 0.0187. The van der Waals surface area contributed by atoms with Gasteiger partial charge in [-0.05, 0) is 19.3 Å². The Bertz CT molecular complexity index is 338. The number of hydroxylamine groups is 2. The summed E-state index contributed by atoms with van der Waals surface area (Å²) < 4.78 is 0. The molecule has 0 aromatic heterocycles. The lowest BCUT2D eigenvalue weighted by atomic mass is 10.0. The van der Waals surface area contributed by atoms with Crippen LogP contribution in [0.25, 0.3) is 0 Å². The quantitative estimate of drug-likeness (QED) is 0.182. The van der Waals surface area contributed by atoms with E-state index in [1.807, 2.05) is 13.8 Å². The van der Waals surface area contributed by atoms with Crippen molar-refractivity contribution in [1.29, 1.82) is 0 Å². The standard InChI is InChI=1S/C22H46N2O3/c1-4-7-8-9-10-11-12-13-14-15-16-17-18-19-22(25)23-20(5-2)21(6-3)24(26)27/h20-21,26-27H,4-19H2,1-3H3,(H,23,25). The van der Waals surface area contributed by atoms with Crippen molar-refractivity contribution in [1.82, 2.24) is 10.5 Å². The molecule has 0 saturated heterocycles. The Kier molecular flexibility index (Phi) is 18.3. The summed E-state index contributed by atoms with van der Waals surface area (Å²) in [6.07, 6.45) is 18.6. The van der Waals surface area contributed by atoms with E-state index in [-0.39, 0.29) is 17.2 Å². The summed E-state index contributed by atoms with van der Waals surface area (Å²) in [4.78, 5) is 12.1. The summed E-state index contributed by atoms with van der Waals surface area (Å²) in [5.41, 5.74) is 0. The first-order valence-electron chi connectivity index (χ1n) is 11.5. The second-order valence-electron chi connectivity index (χ2n) is 7.87. The van der Waals surface area contributed by atoms with Crippen LogP contribution in [0, 0.1) is 0 Å². The molecular weight excluding hydrogens is 340 g/mol. The largest absolute Gasteiger partial charge is 0.352 e. The lowest BCUT2D eigenvalue weighted by Gasteiger charge is -2.28. The van der Waals surface area contributed by atoms with Crippen molar-refractivity contribution < 1.29 is 15.2 Å². The van der Waals surface area contributed by atoms with Crippen LogP contribution in [0.3, 0.4) is 0 Å². The third-order valence-electron chi connectivity index (χ3n) is 5.47. The van der Waals surface area contributed by atoms with Crippen molar-refractivity contribution in [2.24, 2.45) is 0 Å². The first-order chi connectivity index (χ1) is 13.1. The molecule has 27 heavy (non-hydrogen) atoms. The smallest absolute Gasteiger partial charge is 0.220 e. The van der Waals surface area contributed by atoms with Gasteiger partial charge in [-0.1, -0.05) is 103 Å². The molecule has 0 saturated carbocycles. The molecular formula is C22H46N2O3. The van der Waals surface area contributed by atoms with E-state index in [0.717, 1.165) is 12.8 Å². The predicted octanol–water partition coefficient (Wildman–Crippen LogP) is 6.22. The fourth-order valence-corrected chi connectivity index (χ4v) is 3.66. The maximum atomic E-state index is 12.1. The average Bonchev–Trinajstić information content (AvgIpc) is 2.64. The van der Waals surface area contributed by atoms with E-state index in [1.54, 1.807) is 0 Å². The normalized spacial score (nSPS) is 13.7. The maximum Gasteiger partial charge on any atom is 0.220 e. The van der Waals surface area contributed by atoms with Crippen molar-refractivity contribution in [3.8, 4) is 0 Å². The molecule has 0 fully saturated rings. The highest BCUT2D eigenvalue weighted by atomic mass is 16.8. The third kappa shape index (κ3) is 15.0. The SMILES string of the molecule is CCCCCCCCCCCCCCCC(=O)NC(CC)C(CC)N(O)O. The van der Waals surface area contributed by atoms with Crippen LogP contribution in [0.4, 0.5) is 0 Å². The molecule has 0 radical (unpaired) electrons. The summed E-state index contributed by atoms with van der Waals surface area (Å²) in [7, 11) is 0. The number of nitrogens with one attached hydrogen (secondary N) is 1. The lowest BCUT2D eigenvalue weighted by molar-refractivity contribution is -0.335. The maximum absolute atomic E-state index is 12.1. The molecule has 0 aliphatic carbocycles. The molecule has 5 nitrogen and oxygen atoms in total. The van der Waals surface area contributed by atoms with E-state index in [0.29, 0.717) is 19.3 Å². The van der Waals surface area contributed by atoms with Crippen molar-refractivity contribution in [2.75, 3.05) is 0 Å². The van der Waals surface area contributed by atoms with Crippen LogP contribution in [0.15, 0.2) is 0 Å². The topological polar surface area (TPSA) is 72.8 Å². The second-order valence-corrected chi connectivity index (χ2v) is 7.87. The molecule has 0 aliphatic heterocycles. The van der Waals surface area contributed by atoms with Crippen molar-refractivity contribution in [3.63, 3.8) is 0 Å². The number of hydrogen-bond acceptors (Lipinski definition) is 4. The van der Waals surface area contributed by atoms with E-state index in [9.17, 15) is 15.2 Å². The lowest BCUT2D eigenvalue weighted by Crippen LogP contribution is -2.49.